The van der Waals surface area contributed by atoms with E-state index in [1.165, 1.54) is 0 Å². The number of ether oxygens (including phenoxy) is 1. The Bertz CT molecular complexity index is 440. The zero-order chi connectivity index (χ0) is 13.4. The lowest BCUT2D eigenvalue weighted by atomic mass is 10.1. The molecule has 1 amide bonds. The molecule has 0 radical (unpaired) electrons. The van der Waals surface area contributed by atoms with Crippen LogP contribution in [0.15, 0.2) is 24.3 Å². The molecule has 0 heterocycles. The van der Waals surface area contributed by atoms with E-state index in [0.29, 0.717) is 17.9 Å². The van der Waals surface area contributed by atoms with Gasteiger partial charge in [0.1, 0.15) is 11.8 Å². The molecule has 3 N–H and O–H groups in total. The minimum absolute atomic E-state index is 0.0211. The summed E-state index contributed by atoms with van der Waals surface area (Å²) in [6.45, 7) is 1.95. The fourth-order valence-electron chi connectivity index (χ4n) is 1.46. The average molecular weight is 247 g/mol. The standard InChI is InChI=1S/C13H17N3O2/c1-2-4-12(15)13(17)16-10-5-3-6-11(9-10)18-8-7-14/h3,5-6,9,12H,2,4,8,15H2,1H3,(H,16,17). The van der Waals surface area contributed by atoms with E-state index in [4.69, 9.17) is 15.7 Å². The molecule has 5 nitrogen and oxygen atoms in total. The number of carbonyl (C=O) groups excluding carboxylic acids is 1. The van der Waals surface area contributed by atoms with E-state index in [-0.39, 0.29) is 12.5 Å². The van der Waals surface area contributed by atoms with Gasteiger partial charge < -0.3 is 15.8 Å². The van der Waals surface area contributed by atoms with Crippen molar-refractivity contribution in [2.75, 3.05) is 11.9 Å². The van der Waals surface area contributed by atoms with Gasteiger partial charge in [0, 0.05) is 11.8 Å². The number of nitrogens with one attached hydrogen (secondary N) is 1. The number of benzene rings is 1. The third-order valence-corrected chi connectivity index (χ3v) is 2.34. The molecule has 5 heteroatoms. The van der Waals surface area contributed by atoms with Gasteiger partial charge in [0.25, 0.3) is 0 Å². The number of amides is 1. The quantitative estimate of drug-likeness (QED) is 0.800. The van der Waals surface area contributed by atoms with Gasteiger partial charge in [-0.1, -0.05) is 19.4 Å². The second kappa shape index (κ2) is 7.30. The summed E-state index contributed by atoms with van der Waals surface area (Å²) in [5, 5.41) is 11.1. The summed E-state index contributed by atoms with van der Waals surface area (Å²) in [6.07, 6.45) is 1.51. The van der Waals surface area contributed by atoms with Crippen LogP contribution in [0.1, 0.15) is 19.8 Å². The van der Waals surface area contributed by atoms with Crippen LogP contribution in [0.4, 0.5) is 5.69 Å². The predicted molar refractivity (Wildman–Crippen MR) is 69.1 cm³/mol. The number of nitrogens with two attached hydrogens (primary N) is 1. The van der Waals surface area contributed by atoms with Crippen LogP contribution in [0.3, 0.4) is 0 Å². The zero-order valence-corrected chi connectivity index (χ0v) is 10.3. The highest BCUT2D eigenvalue weighted by Gasteiger charge is 2.12. The van der Waals surface area contributed by atoms with Crippen LogP contribution < -0.4 is 15.8 Å². The number of hydrogen-bond acceptors (Lipinski definition) is 4. The fourth-order valence-corrected chi connectivity index (χ4v) is 1.46. The van der Waals surface area contributed by atoms with Gasteiger partial charge in [-0.15, -0.1) is 0 Å². The molecule has 0 aliphatic heterocycles. The Morgan fingerprint density at radius 1 is 1.61 bits per heavy atom. The Kier molecular flexibility index (Phi) is 5.68. The molecule has 0 aliphatic rings. The first-order valence-electron chi connectivity index (χ1n) is 5.83. The molecule has 96 valence electrons. The molecule has 1 atom stereocenters. The predicted octanol–water partition coefficient (Wildman–Crippen LogP) is 1.65. The molecule has 1 unspecified atom stereocenters. The Hall–Kier alpha value is -2.06. The SMILES string of the molecule is CCCC(N)C(=O)Nc1cccc(OCC#N)c1. The van der Waals surface area contributed by atoms with Crippen LogP contribution in [0, 0.1) is 11.3 Å². The van der Waals surface area contributed by atoms with Crippen molar-refractivity contribution >= 4 is 11.6 Å². The number of nitrogens with zero attached hydrogens (tertiary/aromatic N) is 1. The second-order valence-corrected chi connectivity index (χ2v) is 3.86. The largest absolute Gasteiger partial charge is 0.479 e. The monoisotopic (exact) mass is 247 g/mol. The highest BCUT2D eigenvalue weighted by molar-refractivity contribution is 5.94. The summed E-state index contributed by atoms with van der Waals surface area (Å²) in [7, 11) is 0. The Morgan fingerprint density at radius 3 is 3.06 bits per heavy atom. The van der Waals surface area contributed by atoms with E-state index in [1.54, 1.807) is 24.3 Å². The Morgan fingerprint density at radius 2 is 2.39 bits per heavy atom. The summed E-state index contributed by atoms with van der Waals surface area (Å²) in [6, 6.07) is 8.25. The maximum atomic E-state index is 11.7. The van der Waals surface area contributed by atoms with E-state index >= 15 is 0 Å². The normalized spacial score (nSPS) is 11.4. The highest BCUT2D eigenvalue weighted by atomic mass is 16.5. The second-order valence-electron chi connectivity index (χ2n) is 3.86. The summed E-state index contributed by atoms with van der Waals surface area (Å²) in [5.41, 5.74) is 6.32. The maximum Gasteiger partial charge on any atom is 0.241 e. The molecule has 0 fully saturated rings. The Balaban J connectivity index is 2.61. The third-order valence-electron chi connectivity index (χ3n) is 2.34. The van der Waals surface area contributed by atoms with Crippen molar-refractivity contribution in [3.8, 4) is 11.8 Å². The lowest BCUT2D eigenvalue weighted by Gasteiger charge is -2.11. The summed E-state index contributed by atoms with van der Waals surface area (Å²) in [4.78, 5) is 11.7. The zero-order valence-electron chi connectivity index (χ0n) is 10.3. The molecular formula is C13H17N3O2. The van der Waals surface area contributed by atoms with Gasteiger partial charge in [0.05, 0.1) is 6.04 Å². The summed E-state index contributed by atoms with van der Waals surface area (Å²) < 4.78 is 5.14. The number of nitriles is 1. The highest BCUT2D eigenvalue weighted by Crippen LogP contribution is 2.17. The Labute approximate surface area is 107 Å². The van der Waals surface area contributed by atoms with Crippen molar-refractivity contribution < 1.29 is 9.53 Å². The van der Waals surface area contributed by atoms with Crippen LogP contribution in [0.5, 0.6) is 5.75 Å². The van der Waals surface area contributed by atoms with Crippen LogP contribution >= 0.6 is 0 Å². The molecule has 0 aromatic heterocycles. The third kappa shape index (κ3) is 4.44. The first-order chi connectivity index (χ1) is 8.67. The molecule has 18 heavy (non-hydrogen) atoms. The molecule has 0 saturated carbocycles. The average Bonchev–Trinajstić information content (AvgIpc) is 2.37. The van der Waals surface area contributed by atoms with E-state index in [2.05, 4.69) is 5.32 Å². The van der Waals surface area contributed by atoms with Crippen LogP contribution in [-0.4, -0.2) is 18.6 Å². The van der Waals surface area contributed by atoms with E-state index in [1.807, 2.05) is 13.0 Å². The number of hydrogen-bond donors (Lipinski definition) is 2. The lowest BCUT2D eigenvalue weighted by molar-refractivity contribution is -0.117. The molecule has 1 aromatic carbocycles. The summed E-state index contributed by atoms with van der Waals surface area (Å²) >= 11 is 0. The molecule has 0 bridgehead atoms. The van der Waals surface area contributed by atoms with Crippen molar-refractivity contribution in [1.29, 1.82) is 5.26 Å². The molecule has 0 aliphatic carbocycles. The van der Waals surface area contributed by atoms with Crippen molar-refractivity contribution in [3.63, 3.8) is 0 Å². The maximum absolute atomic E-state index is 11.7. The van der Waals surface area contributed by atoms with E-state index in [0.717, 1.165) is 6.42 Å². The first-order valence-corrected chi connectivity index (χ1v) is 5.83. The van der Waals surface area contributed by atoms with Crippen LogP contribution in [0.25, 0.3) is 0 Å². The minimum atomic E-state index is -0.501. The number of carbonyl (C=O) groups is 1. The van der Waals surface area contributed by atoms with Crippen molar-refractivity contribution in [1.82, 2.24) is 0 Å². The molecular weight excluding hydrogens is 230 g/mol. The van der Waals surface area contributed by atoms with E-state index < -0.39 is 6.04 Å². The number of anilines is 1. The van der Waals surface area contributed by atoms with Crippen LogP contribution in [-0.2, 0) is 4.79 Å². The first kappa shape index (κ1) is 14.0. The summed E-state index contributed by atoms with van der Waals surface area (Å²) in [5.74, 6) is 0.327. The van der Waals surface area contributed by atoms with Gasteiger partial charge in [-0.3, -0.25) is 4.79 Å². The smallest absolute Gasteiger partial charge is 0.241 e. The minimum Gasteiger partial charge on any atom is -0.479 e. The van der Waals surface area contributed by atoms with Crippen molar-refractivity contribution in [2.24, 2.45) is 5.73 Å². The molecule has 0 spiro atoms. The molecule has 1 rings (SSSR count). The van der Waals surface area contributed by atoms with Gasteiger partial charge in [-0.25, -0.2) is 0 Å². The van der Waals surface area contributed by atoms with E-state index in [9.17, 15) is 4.79 Å². The fraction of sp³-hybridized carbons (Fsp3) is 0.385. The lowest BCUT2D eigenvalue weighted by Crippen LogP contribution is -2.35. The van der Waals surface area contributed by atoms with Gasteiger partial charge in [-0.05, 0) is 18.6 Å². The van der Waals surface area contributed by atoms with Gasteiger partial charge in [0.15, 0.2) is 6.61 Å². The van der Waals surface area contributed by atoms with Crippen molar-refractivity contribution in [3.05, 3.63) is 24.3 Å². The van der Waals surface area contributed by atoms with Gasteiger partial charge in [0.2, 0.25) is 5.91 Å². The van der Waals surface area contributed by atoms with Gasteiger partial charge >= 0.3 is 0 Å². The van der Waals surface area contributed by atoms with Gasteiger partial charge in [-0.2, -0.15) is 5.26 Å². The topological polar surface area (TPSA) is 88.1 Å². The number of rotatable bonds is 6. The molecule has 1 aromatic rings. The van der Waals surface area contributed by atoms with Crippen molar-refractivity contribution in [2.45, 2.75) is 25.8 Å². The van der Waals surface area contributed by atoms with Crippen LogP contribution in [0.2, 0.25) is 0 Å². The molecule has 0 saturated heterocycles.